The van der Waals surface area contributed by atoms with Gasteiger partial charge in [-0.2, -0.15) is 0 Å². The first kappa shape index (κ1) is 21.5. The van der Waals surface area contributed by atoms with E-state index >= 15 is 0 Å². The SMILES string of the molecule is COc1cccc(N(CC=C(C)C)C(=O)c2sc3nc(-c4ccncc4)ccc3c2N)c1. The average molecular weight is 445 g/mol. The van der Waals surface area contributed by atoms with E-state index in [1.807, 2.05) is 68.5 Å². The molecule has 0 bridgehead atoms. The number of ether oxygens (including phenoxy) is 1. The van der Waals surface area contributed by atoms with Crippen LogP contribution in [0.4, 0.5) is 11.4 Å². The number of hydrogen-bond acceptors (Lipinski definition) is 6. The number of nitrogens with two attached hydrogens (primary N) is 1. The predicted octanol–water partition coefficient (Wildman–Crippen LogP) is 5.56. The van der Waals surface area contributed by atoms with Gasteiger partial charge in [-0.25, -0.2) is 4.98 Å². The number of thiophene rings is 1. The second-order valence-electron chi connectivity index (χ2n) is 7.53. The van der Waals surface area contributed by atoms with Crippen LogP contribution >= 0.6 is 11.3 Å². The van der Waals surface area contributed by atoms with Gasteiger partial charge in [-0.3, -0.25) is 9.78 Å². The van der Waals surface area contributed by atoms with Gasteiger partial charge in [0, 0.05) is 41.6 Å². The summed E-state index contributed by atoms with van der Waals surface area (Å²) in [5.74, 6) is 0.521. The number of benzene rings is 1. The molecule has 6 nitrogen and oxygen atoms in total. The van der Waals surface area contributed by atoms with Crippen LogP contribution in [0.25, 0.3) is 21.5 Å². The Hall–Kier alpha value is -3.71. The Labute approximate surface area is 191 Å². The number of fused-ring (bicyclic) bond motifs is 1. The number of methoxy groups -OCH3 is 1. The highest BCUT2D eigenvalue weighted by Crippen LogP contribution is 2.36. The van der Waals surface area contributed by atoms with E-state index in [-0.39, 0.29) is 5.91 Å². The zero-order valence-electron chi connectivity index (χ0n) is 18.2. The summed E-state index contributed by atoms with van der Waals surface area (Å²) < 4.78 is 5.35. The van der Waals surface area contributed by atoms with Gasteiger partial charge in [-0.15, -0.1) is 11.3 Å². The molecule has 0 aliphatic heterocycles. The van der Waals surface area contributed by atoms with Crippen LogP contribution in [-0.4, -0.2) is 29.5 Å². The van der Waals surface area contributed by atoms with Crippen LogP contribution in [0.3, 0.4) is 0 Å². The monoisotopic (exact) mass is 444 g/mol. The summed E-state index contributed by atoms with van der Waals surface area (Å²) in [7, 11) is 1.61. The summed E-state index contributed by atoms with van der Waals surface area (Å²) in [6.07, 6.45) is 5.48. The molecule has 2 N–H and O–H groups in total. The molecule has 7 heteroatoms. The largest absolute Gasteiger partial charge is 0.497 e. The number of amides is 1. The van der Waals surface area contributed by atoms with Crippen molar-refractivity contribution in [1.29, 1.82) is 0 Å². The van der Waals surface area contributed by atoms with E-state index in [4.69, 9.17) is 15.5 Å². The molecular weight excluding hydrogens is 420 g/mol. The van der Waals surface area contributed by atoms with Crippen molar-refractivity contribution < 1.29 is 9.53 Å². The maximum Gasteiger partial charge on any atom is 0.270 e. The zero-order chi connectivity index (χ0) is 22.7. The zero-order valence-corrected chi connectivity index (χ0v) is 19.0. The maximum atomic E-state index is 13.7. The molecule has 32 heavy (non-hydrogen) atoms. The van der Waals surface area contributed by atoms with Gasteiger partial charge in [-0.05, 0) is 50.2 Å². The quantitative estimate of drug-likeness (QED) is 0.394. The van der Waals surface area contributed by atoms with Gasteiger partial charge in [-0.1, -0.05) is 17.7 Å². The van der Waals surface area contributed by atoms with Gasteiger partial charge in [0.2, 0.25) is 0 Å². The van der Waals surface area contributed by atoms with E-state index in [0.717, 1.165) is 32.7 Å². The van der Waals surface area contributed by atoms with Crippen LogP contribution in [0, 0.1) is 0 Å². The van der Waals surface area contributed by atoms with Crippen molar-refractivity contribution in [2.24, 2.45) is 0 Å². The molecule has 1 aromatic carbocycles. The third-order valence-corrected chi connectivity index (χ3v) is 6.16. The summed E-state index contributed by atoms with van der Waals surface area (Å²) in [4.78, 5) is 25.4. The summed E-state index contributed by atoms with van der Waals surface area (Å²) in [6, 6.07) is 15.1. The molecule has 0 fully saturated rings. The molecule has 0 aliphatic carbocycles. The Morgan fingerprint density at radius 2 is 1.94 bits per heavy atom. The smallest absolute Gasteiger partial charge is 0.270 e. The Kier molecular flexibility index (Phi) is 6.18. The normalized spacial score (nSPS) is 10.7. The fourth-order valence-corrected chi connectivity index (χ4v) is 4.36. The molecule has 3 aromatic heterocycles. The number of aromatic nitrogens is 2. The van der Waals surface area contributed by atoms with E-state index in [1.54, 1.807) is 24.4 Å². The van der Waals surface area contributed by atoms with Crippen molar-refractivity contribution in [3.05, 3.63) is 77.5 Å². The third kappa shape index (κ3) is 4.33. The van der Waals surface area contributed by atoms with Gasteiger partial charge >= 0.3 is 0 Å². The highest BCUT2D eigenvalue weighted by atomic mass is 32.1. The van der Waals surface area contributed by atoms with E-state index in [1.165, 1.54) is 11.3 Å². The van der Waals surface area contributed by atoms with Crippen molar-refractivity contribution in [3.8, 4) is 17.0 Å². The summed E-state index contributed by atoms with van der Waals surface area (Å²) in [5, 5.41) is 0.781. The molecule has 3 heterocycles. The number of rotatable bonds is 6. The van der Waals surface area contributed by atoms with Gasteiger partial charge < -0.3 is 15.4 Å². The summed E-state index contributed by atoms with van der Waals surface area (Å²) >= 11 is 1.31. The Morgan fingerprint density at radius 3 is 2.66 bits per heavy atom. The Bertz CT molecular complexity index is 1290. The minimum atomic E-state index is -0.165. The van der Waals surface area contributed by atoms with Crippen LogP contribution in [0.5, 0.6) is 5.75 Å². The van der Waals surface area contributed by atoms with Crippen molar-refractivity contribution in [2.75, 3.05) is 24.3 Å². The highest BCUT2D eigenvalue weighted by molar-refractivity contribution is 7.21. The molecule has 4 rings (SSSR count). The van der Waals surface area contributed by atoms with Gasteiger partial charge in [0.1, 0.15) is 15.5 Å². The number of nitrogen functional groups attached to an aromatic ring is 1. The van der Waals surface area contributed by atoms with Crippen LogP contribution in [0.15, 0.2) is 72.6 Å². The van der Waals surface area contributed by atoms with E-state index < -0.39 is 0 Å². The number of anilines is 2. The summed E-state index contributed by atoms with van der Waals surface area (Å²) in [5.41, 5.74) is 10.5. The number of carbonyl (C=O) groups excluding carboxylic acids is 1. The molecule has 4 aromatic rings. The number of carbonyl (C=O) groups is 1. The van der Waals surface area contributed by atoms with E-state index in [2.05, 4.69) is 4.98 Å². The third-order valence-electron chi connectivity index (χ3n) is 5.06. The van der Waals surface area contributed by atoms with Crippen LogP contribution < -0.4 is 15.4 Å². The summed E-state index contributed by atoms with van der Waals surface area (Å²) in [6.45, 7) is 4.44. The minimum absolute atomic E-state index is 0.165. The van der Waals surface area contributed by atoms with E-state index in [0.29, 0.717) is 22.9 Å². The fourth-order valence-electron chi connectivity index (χ4n) is 3.32. The lowest BCUT2D eigenvalue weighted by Gasteiger charge is -2.22. The topological polar surface area (TPSA) is 81.3 Å². The van der Waals surface area contributed by atoms with Crippen LogP contribution in [0.1, 0.15) is 23.5 Å². The van der Waals surface area contributed by atoms with Crippen LogP contribution in [0.2, 0.25) is 0 Å². The first-order chi connectivity index (χ1) is 15.5. The molecule has 0 aliphatic rings. The standard InChI is InChI=1S/C25H24N4O2S/c1-16(2)11-14-29(18-5-4-6-19(15-18)31-3)25(30)23-22(26)20-7-8-21(28-24(20)32-23)17-9-12-27-13-10-17/h4-13,15H,14,26H2,1-3H3. The Morgan fingerprint density at radius 1 is 1.16 bits per heavy atom. The molecular formula is C25H24N4O2S. The fraction of sp³-hybridized carbons (Fsp3) is 0.160. The van der Waals surface area contributed by atoms with Gasteiger partial charge in [0.05, 0.1) is 18.5 Å². The molecule has 0 unspecified atom stereocenters. The average Bonchev–Trinajstić information content (AvgIpc) is 3.15. The lowest BCUT2D eigenvalue weighted by atomic mass is 10.1. The van der Waals surface area contributed by atoms with Crippen molar-refractivity contribution in [2.45, 2.75) is 13.8 Å². The predicted molar refractivity (Wildman–Crippen MR) is 131 cm³/mol. The lowest BCUT2D eigenvalue weighted by Crippen LogP contribution is -2.31. The molecule has 0 saturated carbocycles. The lowest BCUT2D eigenvalue weighted by molar-refractivity contribution is 0.0994. The number of nitrogens with zero attached hydrogens (tertiary/aromatic N) is 3. The Balaban J connectivity index is 1.76. The minimum Gasteiger partial charge on any atom is -0.497 e. The van der Waals surface area contributed by atoms with Crippen molar-refractivity contribution in [1.82, 2.24) is 9.97 Å². The first-order valence-electron chi connectivity index (χ1n) is 10.2. The molecule has 0 atom stereocenters. The number of pyridine rings is 2. The number of hydrogen-bond donors (Lipinski definition) is 1. The van der Waals surface area contributed by atoms with Gasteiger partial charge in [0.15, 0.2) is 0 Å². The molecule has 0 spiro atoms. The number of allylic oxidation sites excluding steroid dienone is 1. The maximum absolute atomic E-state index is 13.7. The second kappa shape index (κ2) is 9.20. The van der Waals surface area contributed by atoms with Crippen LogP contribution in [-0.2, 0) is 0 Å². The van der Waals surface area contributed by atoms with Crippen molar-refractivity contribution >= 4 is 38.8 Å². The first-order valence-corrected chi connectivity index (χ1v) is 11.0. The molecule has 0 radical (unpaired) electrons. The molecule has 0 saturated heterocycles. The second-order valence-corrected chi connectivity index (χ2v) is 8.53. The molecule has 1 amide bonds. The van der Waals surface area contributed by atoms with E-state index in [9.17, 15) is 4.79 Å². The molecule has 162 valence electrons. The van der Waals surface area contributed by atoms with Gasteiger partial charge in [0.25, 0.3) is 5.91 Å². The van der Waals surface area contributed by atoms with Crippen molar-refractivity contribution in [3.63, 3.8) is 0 Å². The highest BCUT2D eigenvalue weighted by Gasteiger charge is 2.24.